The van der Waals surface area contributed by atoms with Crippen molar-refractivity contribution >= 4 is 29.1 Å². The Labute approximate surface area is 104 Å². The van der Waals surface area contributed by atoms with Gasteiger partial charge in [-0.25, -0.2) is 0 Å². The van der Waals surface area contributed by atoms with Gasteiger partial charge in [0.25, 0.3) is 0 Å². The zero-order valence-corrected chi connectivity index (χ0v) is 9.90. The van der Waals surface area contributed by atoms with E-state index in [0.717, 1.165) is 0 Å². The van der Waals surface area contributed by atoms with Crippen LogP contribution in [0.1, 0.15) is 5.56 Å². The summed E-state index contributed by atoms with van der Waals surface area (Å²) in [4.78, 5) is 10.8. The van der Waals surface area contributed by atoms with Crippen molar-refractivity contribution in [2.45, 2.75) is 0 Å². The summed E-state index contributed by atoms with van der Waals surface area (Å²) >= 11 is 11.7. The number of benzene rings is 1. The zero-order chi connectivity index (χ0) is 12.0. The minimum Gasteiger partial charge on any atom is -0.344 e. The van der Waals surface area contributed by atoms with Gasteiger partial charge in [-0.05, 0) is 12.1 Å². The van der Waals surface area contributed by atoms with Gasteiger partial charge in [0, 0.05) is 5.56 Å². The second kappa shape index (κ2) is 6.39. The molecule has 0 atom stereocenters. The minimum atomic E-state index is -0.244. The summed E-state index contributed by atoms with van der Waals surface area (Å²) < 4.78 is 0. The smallest absolute Gasteiger partial charge is 0.234 e. The molecule has 0 aliphatic rings. The summed E-state index contributed by atoms with van der Waals surface area (Å²) in [6, 6.07) is 5.20. The normalized spacial score (nSPS) is 9.19. The van der Waals surface area contributed by atoms with Gasteiger partial charge in [0.05, 0.1) is 23.1 Å². The van der Waals surface area contributed by atoms with E-state index in [1.54, 1.807) is 18.2 Å². The molecular formula is C11H10Cl2N2O. The van der Waals surface area contributed by atoms with Crippen molar-refractivity contribution in [3.8, 4) is 11.8 Å². The van der Waals surface area contributed by atoms with Gasteiger partial charge >= 0.3 is 0 Å². The van der Waals surface area contributed by atoms with Gasteiger partial charge in [0.2, 0.25) is 5.91 Å². The van der Waals surface area contributed by atoms with Crippen molar-refractivity contribution in [3.05, 3.63) is 33.8 Å². The van der Waals surface area contributed by atoms with Gasteiger partial charge in [0.1, 0.15) is 0 Å². The molecule has 0 aliphatic carbocycles. The summed E-state index contributed by atoms with van der Waals surface area (Å²) in [6.45, 7) is 0.193. The van der Waals surface area contributed by atoms with Crippen LogP contribution in [0.2, 0.25) is 10.0 Å². The predicted molar refractivity (Wildman–Crippen MR) is 65.4 cm³/mol. The Morgan fingerprint density at radius 1 is 1.44 bits per heavy atom. The van der Waals surface area contributed by atoms with Crippen LogP contribution in [0.5, 0.6) is 0 Å². The first-order chi connectivity index (χ1) is 7.65. The third kappa shape index (κ3) is 3.74. The number of nitrogens with two attached hydrogens (primary N) is 1. The lowest BCUT2D eigenvalue weighted by atomic mass is 10.2. The molecule has 0 unspecified atom stereocenters. The zero-order valence-electron chi connectivity index (χ0n) is 8.39. The molecule has 0 fully saturated rings. The predicted octanol–water partition coefficient (Wildman–Crippen LogP) is 1.42. The van der Waals surface area contributed by atoms with Gasteiger partial charge < -0.3 is 11.1 Å². The van der Waals surface area contributed by atoms with Crippen molar-refractivity contribution in [2.24, 2.45) is 5.73 Å². The highest BCUT2D eigenvalue weighted by atomic mass is 35.5. The van der Waals surface area contributed by atoms with Crippen LogP contribution in [0.15, 0.2) is 18.2 Å². The molecule has 0 spiro atoms. The number of rotatable bonds is 2. The molecule has 1 aromatic rings. The van der Waals surface area contributed by atoms with E-state index < -0.39 is 0 Å². The molecule has 16 heavy (non-hydrogen) atoms. The van der Waals surface area contributed by atoms with Crippen LogP contribution in [0.4, 0.5) is 0 Å². The number of hydrogen-bond acceptors (Lipinski definition) is 2. The number of amides is 1. The first-order valence-electron chi connectivity index (χ1n) is 4.55. The molecule has 0 bridgehead atoms. The Morgan fingerprint density at radius 3 is 2.88 bits per heavy atom. The third-order valence-corrected chi connectivity index (χ3v) is 2.55. The first kappa shape index (κ1) is 12.9. The van der Waals surface area contributed by atoms with Crippen LogP contribution in [-0.2, 0) is 4.79 Å². The van der Waals surface area contributed by atoms with Gasteiger partial charge in [-0.2, -0.15) is 0 Å². The van der Waals surface area contributed by atoms with Crippen LogP contribution < -0.4 is 11.1 Å². The minimum absolute atomic E-state index is 0.0421. The molecule has 3 N–H and O–H groups in total. The monoisotopic (exact) mass is 256 g/mol. The second-order valence-electron chi connectivity index (χ2n) is 2.88. The van der Waals surface area contributed by atoms with Gasteiger partial charge in [0.15, 0.2) is 0 Å². The maximum atomic E-state index is 10.8. The summed E-state index contributed by atoms with van der Waals surface area (Å²) in [5.41, 5.74) is 5.75. The molecule has 1 rings (SSSR count). The SMILES string of the molecule is NCC(=O)NCC#Cc1cccc(Cl)c1Cl. The van der Waals surface area contributed by atoms with Crippen molar-refractivity contribution in [2.75, 3.05) is 13.1 Å². The van der Waals surface area contributed by atoms with Crippen molar-refractivity contribution < 1.29 is 4.79 Å². The number of hydrogen-bond donors (Lipinski definition) is 2. The lowest BCUT2D eigenvalue weighted by molar-refractivity contribution is -0.119. The Bertz CT molecular complexity index is 449. The number of carbonyl (C=O) groups excluding carboxylic acids is 1. The average Bonchev–Trinajstić information content (AvgIpc) is 2.29. The topological polar surface area (TPSA) is 55.1 Å². The molecule has 0 aliphatic heterocycles. The third-order valence-electron chi connectivity index (χ3n) is 1.73. The summed E-state index contributed by atoms with van der Waals surface area (Å²) in [7, 11) is 0. The molecule has 1 amide bonds. The van der Waals surface area contributed by atoms with E-state index >= 15 is 0 Å². The Balaban J connectivity index is 2.63. The van der Waals surface area contributed by atoms with E-state index in [-0.39, 0.29) is 19.0 Å². The highest BCUT2D eigenvalue weighted by Gasteiger charge is 2.00. The maximum Gasteiger partial charge on any atom is 0.234 e. The maximum absolute atomic E-state index is 10.8. The molecule has 0 aromatic heterocycles. The van der Waals surface area contributed by atoms with Gasteiger partial charge in [-0.1, -0.05) is 41.1 Å². The molecule has 84 valence electrons. The quantitative estimate of drug-likeness (QED) is 0.787. The molecule has 1 aromatic carbocycles. The summed E-state index contributed by atoms with van der Waals surface area (Å²) in [5, 5.41) is 3.40. The standard InChI is InChI=1S/C11H10Cl2N2O/c12-9-5-1-3-8(11(9)13)4-2-6-15-10(16)7-14/h1,3,5H,6-7,14H2,(H,15,16). The summed E-state index contributed by atoms with van der Waals surface area (Å²) in [6.07, 6.45) is 0. The first-order valence-corrected chi connectivity index (χ1v) is 5.30. The van der Waals surface area contributed by atoms with E-state index in [0.29, 0.717) is 15.6 Å². The molecule has 0 saturated carbocycles. The highest BCUT2D eigenvalue weighted by Crippen LogP contribution is 2.24. The Hall–Kier alpha value is -1.21. The van der Waals surface area contributed by atoms with Crippen LogP contribution in [0.25, 0.3) is 0 Å². The fourth-order valence-corrected chi connectivity index (χ4v) is 1.30. The second-order valence-corrected chi connectivity index (χ2v) is 3.67. The molecule has 3 nitrogen and oxygen atoms in total. The van der Waals surface area contributed by atoms with E-state index in [1.165, 1.54) is 0 Å². The molecule has 0 heterocycles. The van der Waals surface area contributed by atoms with E-state index in [9.17, 15) is 4.79 Å². The van der Waals surface area contributed by atoms with E-state index in [4.69, 9.17) is 28.9 Å². The van der Waals surface area contributed by atoms with Crippen molar-refractivity contribution in [1.29, 1.82) is 0 Å². The Morgan fingerprint density at radius 2 is 2.19 bits per heavy atom. The van der Waals surface area contributed by atoms with Crippen LogP contribution in [-0.4, -0.2) is 19.0 Å². The number of nitrogens with one attached hydrogen (secondary N) is 1. The molecular weight excluding hydrogens is 247 g/mol. The average molecular weight is 257 g/mol. The number of halogens is 2. The van der Waals surface area contributed by atoms with Crippen LogP contribution in [0.3, 0.4) is 0 Å². The van der Waals surface area contributed by atoms with E-state index in [1.807, 2.05) is 0 Å². The van der Waals surface area contributed by atoms with Crippen molar-refractivity contribution in [3.63, 3.8) is 0 Å². The van der Waals surface area contributed by atoms with Gasteiger partial charge in [-0.3, -0.25) is 4.79 Å². The molecule has 0 radical (unpaired) electrons. The molecule has 5 heteroatoms. The summed E-state index contributed by atoms with van der Waals surface area (Å²) in [5.74, 6) is 5.32. The van der Waals surface area contributed by atoms with Crippen molar-refractivity contribution in [1.82, 2.24) is 5.32 Å². The highest BCUT2D eigenvalue weighted by molar-refractivity contribution is 6.42. The molecule has 0 saturated heterocycles. The van der Waals surface area contributed by atoms with Crippen LogP contribution in [0, 0.1) is 11.8 Å². The van der Waals surface area contributed by atoms with E-state index in [2.05, 4.69) is 17.2 Å². The fourth-order valence-electron chi connectivity index (χ4n) is 0.955. The fraction of sp³-hybridized carbons (Fsp3) is 0.182. The van der Waals surface area contributed by atoms with Gasteiger partial charge in [-0.15, -0.1) is 0 Å². The lowest BCUT2D eigenvalue weighted by Gasteiger charge is -1.98. The van der Waals surface area contributed by atoms with Crippen LogP contribution >= 0.6 is 23.2 Å². The Kier molecular flexibility index (Phi) is 5.13. The lowest BCUT2D eigenvalue weighted by Crippen LogP contribution is -2.30. The largest absolute Gasteiger partial charge is 0.344 e. The number of carbonyl (C=O) groups is 1.